The van der Waals surface area contributed by atoms with Gasteiger partial charge in [-0.05, 0) is 6.92 Å². The fourth-order valence-corrected chi connectivity index (χ4v) is 0.980. The topological polar surface area (TPSA) is 41.5 Å². The highest BCUT2D eigenvalue weighted by Crippen LogP contribution is 2.00. The van der Waals surface area contributed by atoms with Gasteiger partial charge >= 0.3 is 0 Å². The molecular weight excluding hydrogens is 118 g/mol. The molecular formula is C6H13NO2. The monoisotopic (exact) mass is 131 g/mol. The van der Waals surface area contributed by atoms with E-state index in [1.54, 1.807) is 0 Å². The summed E-state index contributed by atoms with van der Waals surface area (Å²) in [5.74, 6) is 0. The molecule has 2 atom stereocenters. The second-order valence-corrected chi connectivity index (χ2v) is 2.41. The molecule has 3 nitrogen and oxygen atoms in total. The van der Waals surface area contributed by atoms with Crippen molar-refractivity contribution in [3.63, 3.8) is 0 Å². The van der Waals surface area contributed by atoms with E-state index in [-0.39, 0.29) is 18.8 Å². The average molecular weight is 131 g/mol. The highest BCUT2D eigenvalue weighted by molar-refractivity contribution is 4.70. The fraction of sp³-hybridized carbons (Fsp3) is 1.00. The smallest absolute Gasteiger partial charge is 0.0933 e. The van der Waals surface area contributed by atoms with Crippen molar-refractivity contribution in [1.82, 2.24) is 5.32 Å². The molecule has 0 radical (unpaired) electrons. The van der Waals surface area contributed by atoms with Crippen LogP contribution in [-0.2, 0) is 4.74 Å². The molecule has 0 aromatic carbocycles. The van der Waals surface area contributed by atoms with Crippen molar-refractivity contribution in [1.29, 1.82) is 0 Å². The number of aliphatic hydroxyl groups excluding tert-OH is 1. The molecule has 0 spiro atoms. The summed E-state index contributed by atoms with van der Waals surface area (Å²) in [4.78, 5) is 0. The van der Waals surface area contributed by atoms with Crippen molar-refractivity contribution in [2.75, 3.05) is 19.7 Å². The molecule has 54 valence electrons. The Balaban J connectivity index is 2.23. The van der Waals surface area contributed by atoms with Crippen LogP contribution in [0, 0.1) is 0 Å². The van der Waals surface area contributed by atoms with Crippen molar-refractivity contribution >= 4 is 0 Å². The number of rotatable bonds is 1. The highest BCUT2D eigenvalue weighted by atomic mass is 16.5. The molecule has 0 saturated carbocycles. The summed E-state index contributed by atoms with van der Waals surface area (Å²) in [7, 11) is 0. The molecule has 0 aromatic rings. The lowest BCUT2D eigenvalue weighted by atomic mass is 10.3. The van der Waals surface area contributed by atoms with Gasteiger partial charge in [0.25, 0.3) is 0 Å². The first kappa shape index (κ1) is 6.99. The van der Waals surface area contributed by atoms with Gasteiger partial charge in [-0.3, -0.25) is 0 Å². The molecule has 1 heterocycles. The zero-order chi connectivity index (χ0) is 6.69. The first-order chi connectivity index (χ1) is 4.33. The van der Waals surface area contributed by atoms with Crippen molar-refractivity contribution in [2.45, 2.75) is 19.1 Å². The normalized spacial score (nSPS) is 36.7. The first-order valence-electron chi connectivity index (χ1n) is 3.30. The van der Waals surface area contributed by atoms with Crippen LogP contribution in [0.25, 0.3) is 0 Å². The van der Waals surface area contributed by atoms with Gasteiger partial charge in [0.05, 0.1) is 18.8 Å². The third-order valence-electron chi connectivity index (χ3n) is 1.43. The zero-order valence-corrected chi connectivity index (χ0v) is 5.63. The number of aliphatic hydroxyl groups is 1. The van der Waals surface area contributed by atoms with Gasteiger partial charge in [0.1, 0.15) is 0 Å². The van der Waals surface area contributed by atoms with Crippen LogP contribution in [0.15, 0.2) is 0 Å². The van der Waals surface area contributed by atoms with E-state index in [1.807, 2.05) is 6.92 Å². The van der Waals surface area contributed by atoms with Crippen LogP contribution in [0.5, 0.6) is 0 Å². The number of nitrogens with one attached hydrogen (secondary N) is 1. The van der Waals surface area contributed by atoms with Crippen LogP contribution < -0.4 is 5.32 Å². The molecule has 1 aliphatic heterocycles. The summed E-state index contributed by atoms with van der Waals surface area (Å²) in [6, 6.07) is 0. The Morgan fingerprint density at radius 2 is 2.44 bits per heavy atom. The summed E-state index contributed by atoms with van der Waals surface area (Å²) in [5, 5.41) is 11.8. The summed E-state index contributed by atoms with van der Waals surface area (Å²) < 4.78 is 5.32. The Hall–Kier alpha value is -0.120. The van der Waals surface area contributed by atoms with E-state index in [2.05, 4.69) is 5.32 Å². The lowest BCUT2D eigenvalue weighted by Crippen LogP contribution is -2.44. The van der Waals surface area contributed by atoms with Crippen LogP contribution in [0.2, 0.25) is 0 Å². The fourth-order valence-electron chi connectivity index (χ4n) is 0.980. The molecule has 0 aromatic heterocycles. The van der Waals surface area contributed by atoms with Crippen LogP contribution in [0.4, 0.5) is 0 Å². The molecule has 9 heavy (non-hydrogen) atoms. The molecule has 0 amide bonds. The summed E-state index contributed by atoms with van der Waals surface area (Å²) >= 11 is 0. The minimum absolute atomic E-state index is 0.00810. The van der Waals surface area contributed by atoms with E-state index in [0.717, 1.165) is 13.1 Å². The van der Waals surface area contributed by atoms with E-state index in [0.29, 0.717) is 0 Å². The predicted molar refractivity (Wildman–Crippen MR) is 34.3 cm³/mol. The second-order valence-electron chi connectivity index (χ2n) is 2.41. The Labute approximate surface area is 55.0 Å². The number of hydrogen-bond donors (Lipinski definition) is 2. The number of hydrogen-bond acceptors (Lipinski definition) is 3. The minimum atomic E-state index is 0.00810. The standard InChI is InChI=1S/C6H13NO2/c1-5-2-7-3-6(4-8)9-5/h5-8H,2-4H2,1H3/t5?,6-/m1/s1. The van der Waals surface area contributed by atoms with Crippen molar-refractivity contribution in [2.24, 2.45) is 0 Å². The maximum Gasteiger partial charge on any atom is 0.0933 e. The van der Waals surface area contributed by atoms with Gasteiger partial charge in [0, 0.05) is 13.1 Å². The van der Waals surface area contributed by atoms with Gasteiger partial charge in [-0.25, -0.2) is 0 Å². The molecule has 1 aliphatic rings. The summed E-state index contributed by atoms with van der Waals surface area (Å²) in [6.07, 6.45) is 0.254. The van der Waals surface area contributed by atoms with E-state index in [9.17, 15) is 0 Å². The van der Waals surface area contributed by atoms with Crippen LogP contribution in [0.1, 0.15) is 6.92 Å². The molecule has 1 rings (SSSR count). The summed E-state index contributed by atoms with van der Waals surface area (Å²) in [6.45, 7) is 3.80. The highest BCUT2D eigenvalue weighted by Gasteiger charge is 2.16. The van der Waals surface area contributed by atoms with Gasteiger partial charge in [0.2, 0.25) is 0 Å². The lowest BCUT2D eigenvalue weighted by Gasteiger charge is -2.27. The second kappa shape index (κ2) is 3.15. The SMILES string of the molecule is CC1CNC[C@H](CO)O1. The Kier molecular flexibility index (Phi) is 2.45. The van der Waals surface area contributed by atoms with Gasteiger partial charge in [-0.1, -0.05) is 0 Å². The summed E-state index contributed by atoms with van der Waals surface area (Å²) in [5.41, 5.74) is 0. The molecule has 0 bridgehead atoms. The van der Waals surface area contributed by atoms with E-state index >= 15 is 0 Å². The van der Waals surface area contributed by atoms with Crippen LogP contribution in [-0.4, -0.2) is 37.0 Å². The quantitative estimate of drug-likeness (QED) is 0.497. The molecule has 1 unspecified atom stereocenters. The third kappa shape index (κ3) is 1.93. The maximum atomic E-state index is 8.64. The third-order valence-corrected chi connectivity index (χ3v) is 1.43. The van der Waals surface area contributed by atoms with E-state index in [1.165, 1.54) is 0 Å². The molecule has 0 aliphatic carbocycles. The molecule has 1 saturated heterocycles. The molecule has 2 N–H and O–H groups in total. The van der Waals surface area contributed by atoms with Crippen molar-refractivity contribution in [3.8, 4) is 0 Å². The average Bonchev–Trinajstić information content (AvgIpc) is 1.88. The molecule has 1 fully saturated rings. The van der Waals surface area contributed by atoms with Crippen LogP contribution >= 0.6 is 0 Å². The maximum absolute atomic E-state index is 8.64. The number of morpholine rings is 1. The van der Waals surface area contributed by atoms with Gasteiger partial charge in [0.15, 0.2) is 0 Å². The number of ether oxygens (including phenoxy) is 1. The van der Waals surface area contributed by atoms with Crippen molar-refractivity contribution in [3.05, 3.63) is 0 Å². The predicted octanol–water partition coefficient (Wildman–Crippen LogP) is -0.644. The minimum Gasteiger partial charge on any atom is -0.394 e. The van der Waals surface area contributed by atoms with Crippen LogP contribution in [0.3, 0.4) is 0 Å². The largest absolute Gasteiger partial charge is 0.394 e. The lowest BCUT2D eigenvalue weighted by molar-refractivity contribution is -0.0518. The molecule has 3 heteroatoms. The van der Waals surface area contributed by atoms with E-state index < -0.39 is 0 Å². The van der Waals surface area contributed by atoms with Gasteiger partial charge < -0.3 is 15.2 Å². The first-order valence-corrected chi connectivity index (χ1v) is 3.30. The van der Waals surface area contributed by atoms with Gasteiger partial charge in [-0.15, -0.1) is 0 Å². The zero-order valence-electron chi connectivity index (χ0n) is 5.63. The van der Waals surface area contributed by atoms with E-state index in [4.69, 9.17) is 9.84 Å². The van der Waals surface area contributed by atoms with Crippen molar-refractivity contribution < 1.29 is 9.84 Å². The Bertz CT molecular complexity index is 87.1. The van der Waals surface area contributed by atoms with Gasteiger partial charge in [-0.2, -0.15) is 0 Å². The Morgan fingerprint density at radius 1 is 1.67 bits per heavy atom. The Morgan fingerprint density at radius 3 is 2.89 bits per heavy atom.